The third-order valence-electron chi connectivity index (χ3n) is 6.94. The Balaban J connectivity index is 1.44. The van der Waals surface area contributed by atoms with Crippen LogP contribution in [0.5, 0.6) is 0 Å². The van der Waals surface area contributed by atoms with E-state index in [4.69, 9.17) is 9.47 Å². The van der Waals surface area contributed by atoms with Crippen LogP contribution in [0.3, 0.4) is 0 Å². The molecule has 1 spiro atoms. The summed E-state index contributed by atoms with van der Waals surface area (Å²) in [7, 11) is 0. The Hall–Kier alpha value is -1.96. The van der Waals surface area contributed by atoms with E-state index in [1.54, 1.807) is 12.1 Å². The Morgan fingerprint density at radius 3 is 2.50 bits per heavy atom. The monoisotopic (exact) mass is 443 g/mol. The number of benzene rings is 1. The highest BCUT2D eigenvalue weighted by Crippen LogP contribution is 2.33. The van der Waals surface area contributed by atoms with Gasteiger partial charge in [-0.25, -0.2) is 0 Å². The molecule has 0 bridgehead atoms. The van der Waals surface area contributed by atoms with Crippen molar-refractivity contribution in [3.63, 3.8) is 0 Å². The van der Waals surface area contributed by atoms with Crippen molar-refractivity contribution < 1.29 is 14.4 Å². The van der Waals surface area contributed by atoms with Crippen LogP contribution in [-0.2, 0) is 22.6 Å². The van der Waals surface area contributed by atoms with Gasteiger partial charge in [0.2, 0.25) is 0 Å². The quantitative estimate of drug-likeness (QED) is 0.270. The molecule has 0 amide bonds. The lowest BCUT2D eigenvalue weighted by Crippen LogP contribution is -2.49. The van der Waals surface area contributed by atoms with Gasteiger partial charge < -0.3 is 14.0 Å². The highest BCUT2D eigenvalue weighted by atomic mass is 16.7. The largest absolute Gasteiger partial charge is 0.350 e. The maximum atomic E-state index is 11.4. The van der Waals surface area contributed by atoms with E-state index in [1.807, 2.05) is 6.07 Å². The van der Waals surface area contributed by atoms with E-state index in [1.165, 1.54) is 37.7 Å². The van der Waals surface area contributed by atoms with Gasteiger partial charge in [-0.15, -0.1) is 0 Å². The molecule has 0 N–H and O–H groups in total. The molecule has 0 saturated carbocycles. The number of likely N-dealkylation sites (tertiary alicyclic amines) is 1. The fourth-order valence-corrected chi connectivity index (χ4v) is 5.04. The minimum Gasteiger partial charge on any atom is -0.350 e. The number of nitrogens with zero attached hydrogens (tertiary/aromatic N) is 3. The number of hydrogen-bond acceptors (Lipinski definition) is 5. The van der Waals surface area contributed by atoms with E-state index in [0.29, 0.717) is 0 Å². The first-order valence-electron chi connectivity index (χ1n) is 12.4. The third kappa shape index (κ3) is 5.50. The van der Waals surface area contributed by atoms with E-state index in [2.05, 4.69) is 22.6 Å². The molecule has 2 aliphatic heterocycles. The van der Waals surface area contributed by atoms with Gasteiger partial charge in [0.1, 0.15) is 0 Å². The second kappa shape index (κ2) is 10.8. The minimum absolute atomic E-state index is 0.165. The summed E-state index contributed by atoms with van der Waals surface area (Å²) < 4.78 is 14.2. The highest BCUT2D eigenvalue weighted by Gasteiger charge is 2.38. The predicted molar refractivity (Wildman–Crippen MR) is 126 cm³/mol. The summed E-state index contributed by atoms with van der Waals surface area (Å²) in [4.78, 5) is 13.5. The van der Waals surface area contributed by atoms with Gasteiger partial charge in [-0.3, -0.25) is 15.0 Å². The van der Waals surface area contributed by atoms with Crippen molar-refractivity contribution >= 4 is 16.6 Å². The molecule has 2 fully saturated rings. The standard InChI is InChI=1S/C25H37N3O4/c1-2-3-4-5-6-7-13-27-20-21(23-18-22(28(29)30)9-10-24(23)27)19-26-14-11-25(12-15-26)31-16-8-17-32-25/h9-10,18,20H,2-8,11-17,19H2,1H3. The summed E-state index contributed by atoms with van der Waals surface area (Å²) in [6, 6.07) is 5.30. The summed E-state index contributed by atoms with van der Waals surface area (Å²) in [5, 5.41) is 12.4. The van der Waals surface area contributed by atoms with Gasteiger partial charge in [0.15, 0.2) is 5.79 Å². The minimum atomic E-state index is -0.390. The van der Waals surface area contributed by atoms with Crippen molar-refractivity contribution in [1.82, 2.24) is 9.47 Å². The number of aryl methyl sites for hydroxylation is 1. The highest BCUT2D eigenvalue weighted by molar-refractivity contribution is 5.86. The van der Waals surface area contributed by atoms with Crippen LogP contribution in [0.25, 0.3) is 10.9 Å². The molecule has 176 valence electrons. The molecule has 2 aliphatic rings. The topological polar surface area (TPSA) is 69.8 Å². The molecule has 3 heterocycles. The summed E-state index contributed by atoms with van der Waals surface area (Å²) in [5.41, 5.74) is 2.44. The molecule has 0 radical (unpaired) electrons. The Kier molecular flexibility index (Phi) is 7.81. The van der Waals surface area contributed by atoms with Crippen LogP contribution in [0.1, 0.15) is 70.3 Å². The molecule has 1 aromatic heterocycles. The number of hydrogen-bond donors (Lipinski definition) is 0. The van der Waals surface area contributed by atoms with Gasteiger partial charge in [-0.05, 0) is 24.5 Å². The zero-order chi connectivity index (χ0) is 22.4. The Labute approximate surface area is 190 Å². The van der Waals surface area contributed by atoms with Gasteiger partial charge in [0, 0.05) is 68.3 Å². The fraction of sp³-hybridized carbons (Fsp3) is 0.680. The molecule has 0 aliphatic carbocycles. The average molecular weight is 444 g/mol. The fourth-order valence-electron chi connectivity index (χ4n) is 5.04. The van der Waals surface area contributed by atoms with Crippen molar-refractivity contribution in [3.05, 3.63) is 40.1 Å². The van der Waals surface area contributed by atoms with Crippen LogP contribution >= 0.6 is 0 Å². The molecular formula is C25H37N3O4. The van der Waals surface area contributed by atoms with Crippen molar-refractivity contribution in [3.8, 4) is 0 Å². The number of ether oxygens (including phenoxy) is 2. The lowest BCUT2D eigenvalue weighted by atomic mass is 10.0. The number of aromatic nitrogens is 1. The lowest BCUT2D eigenvalue weighted by Gasteiger charge is -2.43. The van der Waals surface area contributed by atoms with E-state index in [-0.39, 0.29) is 16.4 Å². The van der Waals surface area contributed by atoms with Crippen LogP contribution in [-0.4, -0.2) is 46.5 Å². The van der Waals surface area contributed by atoms with Crippen LogP contribution in [0.15, 0.2) is 24.4 Å². The summed E-state index contributed by atoms with van der Waals surface area (Å²) >= 11 is 0. The number of nitro benzene ring substituents is 1. The normalized spacial score (nSPS) is 19.0. The molecule has 32 heavy (non-hydrogen) atoms. The molecular weight excluding hydrogens is 406 g/mol. The zero-order valence-electron chi connectivity index (χ0n) is 19.4. The maximum absolute atomic E-state index is 11.4. The maximum Gasteiger partial charge on any atom is 0.270 e. The number of non-ortho nitro benzene ring substituents is 1. The van der Waals surface area contributed by atoms with E-state index >= 15 is 0 Å². The van der Waals surface area contributed by atoms with Gasteiger partial charge in [-0.2, -0.15) is 0 Å². The van der Waals surface area contributed by atoms with Crippen LogP contribution < -0.4 is 0 Å². The predicted octanol–water partition coefficient (Wildman–Crippen LogP) is 5.64. The number of nitro groups is 1. The smallest absolute Gasteiger partial charge is 0.270 e. The summed E-state index contributed by atoms with van der Waals surface area (Å²) in [6.07, 6.45) is 12.5. The Bertz CT molecular complexity index is 894. The number of rotatable bonds is 10. The number of piperidine rings is 1. The first-order chi connectivity index (χ1) is 15.6. The molecule has 2 aromatic rings. The molecule has 7 heteroatoms. The first kappa shape index (κ1) is 23.2. The Morgan fingerprint density at radius 1 is 1.06 bits per heavy atom. The van der Waals surface area contributed by atoms with Crippen LogP contribution in [0, 0.1) is 10.1 Å². The number of unbranched alkanes of at least 4 members (excludes halogenated alkanes) is 5. The average Bonchev–Trinajstić information content (AvgIpc) is 3.15. The zero-order valence-corrected chi connectivity index (χ0v) is 19.4. The van der Waals surface area contributed by atoms with E-state index in [0.717, 1.165) is 76.0 Å². The van der Waals surface area contributed by atoms with E-state index in [9.17, 15) is 10.1 Å². The van der Waals surface area contributed by atoms with Crippen molar-refractivity contribution in [2.45, 2.75) is 83.6 Å². The van der Waals surface area contributed by atoms with Gasteiger partial charge >= 0.3 is 0 Å². The second-order valence-corrected chi connectivity index (χ2v) is 9.31. The summed E-state index contributed by atoms with van der Waals surface area (Å²) in [5.74, 6) is -0.390. The second-order valence-electron chi connectivity index (χ2n) is 9.31. The summed E-state index contributed by atoms with van der Waals surface area (Å²) in [6.45, 7) is 7.41. The van der Waals surface area contributed by atoms with Gasteiger partial charge in [0.05, 0.1) is 18.1 Å². The molecule has 2 saturated heterocycles. The molecule has 0 atom stereocenters. The third-order valence-corrected chi connectivity index (χ3v) is 6.94. The van der Waals surface area contributed by atoms with Crippen LogP contribution in [0.2, 0.25) is 0 Å². The SMILES string of the molecule is CCCCCCCCn1cc(CN2CCC3(CC2)OCCCO3)c2cc([N+](=O)[O-])ccc21. The molecule has 4 rings (SSSR count). The molecule has 1 aromatic carbocycles. The first-order valence-corrected chi connectivity index (χ1v) is 12.4. The lowest BCUT2D eigenvalue weighted by molar-refractivity contribution is -0.384. The number of fused-ring (bicyclic) bond motifs is 1. The van der Waals surface area contributed by atoms with Crippen molar-refractivity contribution in [2.24, 2.45) is 0 Å². The van der Waals surface area contributed by atoms with Gasteiger partial charge in [-0.1, -0.05) is 39.0 Å². The van der Waals surface area contributed by atoms with Crippen LogP contribution in [0.4, 0.5) is 5.69 Å². The van der Waals surface area contributed by atoms with Gasteiger partial charge in [0.25, 0.3) is 5.69 Å². The Morgan fingerprint density at radius 2 is 1.78 bits per heavy atom. The van der Waals surface area contributed by atoms with Crippen molar-refractivity contribution in [2.75, 3.05) is 26.3 Å². The molecule has 7 nitrogen and oxygen atoms in total. The molecule has 0 unspecified atom stereocenters. The van der Waals surface area contributed by atoms with Crippen molar-refractivity contribution in [1.29, 1.82) is 0 Å². The van der Waals surface area contributed by atoms with E-state index < -0.39 is 0 Å².